The zero-order valence-electron chi connectivity index (χ0n) is 21.6. The number of anilines is 2. The number of amides is 2. The highest BCUT2D eigenvalue weighted by molar-refractivity contribution is 7.90. The average Bonchev–Trinajstić information content (AvgIpc) is 2.84. The lowest BCUT2D eigenvalue weighted by molar-refractivity contribution is -0.138. The van der Waals surface area contributed by atoms with Crippen molar-refractivity contribution in [2.75, 3.05) is 29.6 Å². The van der Waals surface area contributed by atoms with Gasteiger partial charge in [0.15, 0.2) is 15.7 Å². The lowest BCUT2D eigenvalue weighted by atomic mass is 9.90. The summed E-state index contributed by atoms with van der Waals surface area (Å²) in [7, 11) is -3.52. The summed E-state index contributed by atoms with van der Waals surface area (Å²) in [5, 5.41) is 3.26. The minimum atomic E-state index is -3.52. The van der Waals surface area contributed by atoms with Crippen molar-refractivity contribution >= 4 is 44.8 Å². The number of hydrogen-bond donors (Lipinski definition) is 1. The van der Waals surface area contributed by atoms with E-state index in [9.17, 15) is 18.0 Å². The molecule has 8 nitrogen and oxygen atoms in total. The fourth-order valence-corrected chi connectivity index (χ4v) is 6.19. The van der Waals surface area contributed by atoms with Crippen LogP contribution in [0.5, 0.6) is 0 Å². The molecule has 0 spiro atoms. The van der Waals surface area contributed by atoms with E-state index in [1.54, 1.807) is 24.3 Å². The molecular formula is C27H35ClN4O4S. The van der Waals surface area contributed by atoms with E-state index in [1.165, 1.54) is 18.7 Å². The van der Waals surface area contributed by atoms with Gasteiger partial charge in [-0.2, -0.15) is 0 Å². The quantitative estimate of drug-likeness (QED) is 0.559. The lowest BCUT2D eigenvalue weighted by Crippen LogP contribution is -2.48. The predicted octanol–water partition coefficient (Wildman–Crippen LogP) is 4.79. The number of pyridine rings is 1. The average molecular weight is 547 g/mol. The largest absolute Gasteiger partial charge is 0.355 e. The molecule has 1 N–H and O–H groups in total. The normalized spacial score (nSPS) is 21.1. The highest BCUT2D eigenvalue weighted by Gasteiger charge is 2.32. The fraction of sp³-hybridized carbons (Fsp3) is 0.519. The predicted molar refractivity (Wildman–Crippen MR) is 146 cm³/mol. The van der Waals surface area contributed by atoms with Gasteiger partial charge in [0.05, 0.1) is 10.6 Å². The second kappa shape index (κ2) is 11.4. The maximum absolute atomic E-state index is 13.1. The number of carbonyl (C=O) groups excluding carboxylic acids is 2. The third-order valence-electron chi connectivity index (χ3n) is 7.46. The van der Waals surface area contributed by atoms with Gasteiger partial charge < -0.3 is 15.1 Å². The van der Waals surface area contributed by atoms with Crippen molar-refractivity contribution in [1.29, 1.82) is 0 Å². The van der Waals surface area contributed by atoms with Crippen LogP contribution < -0.4 is 10.2 Å². The molecule has 0 radical (unpaired) electrons. The van der Waals surface area contributed by atoms with Crippen molar-refractivity contribution in [3.8, 4) is 0 Å². The summed E-state index contributed by atoms with van der Waals surface area (Å²) in [6, 6.07) is 8.59. The molecule has 1 aromatic heterocycles. The van der Waals surface area contributed by atoms with Crippen LogP contribution in [0.25, 0.3) is 0 Å². The van der Waals surface area contributed by atoms with Gasteiger partial charge in [-0.05, 0) is 76.1 Å². The van der Waals surface area contributed by atoms with E-state index in [0.29, 0.717) is 53.7 Å². The summed E-state index contributed by atoms with van der Waals surface area (Å²) in [4.78, 5) is 34.6. The Kier molecular flexibility index (Phi) is 8.43. The molecular weight excluding hydrogens is 512 g/mol. The maximum Gasteiger partial charge on any atom is 0.255 e. The molecule has 2 aromatic rings. The van der Waals surface area contributed by atoms with Crippen LogP contribution in [0.3, 0.4) is 0 Å². The molecule has 3 heterocycles. The second-order valence-corrected chi connectivity index (χ2v) is 12.8. The fourth-order valence-electron chi connectivity index (χ4n) is 5.42. The minimum Gasteiger partial charge on any atom is -0.355 e. The van der Waals surface area contributed by atoms with E-state index < -0.39 is 15.7 Å². The molecule has 2 aliphatic rings. The van der Waals surface area contributed by atoms with Crippen LogP contribution in [0.1, 0.15) is 62.7 Å². The first kappa shape index (κ1) is 27.4. The number of hydrogen-bond acceptors (Lipinski definition) is 6. The van der Waals surface area contributed by atoms with Gasteiger partial charge in [0.2, 0.25) is 5.91 Å². The van der Waals surface area contributed by atoms with Crippen molar-refractivity contribution in [3.05, 3.63) is 47.1 Å². The molecule has 0 bridgehead atoms. The zero-order valence-corrected chi connectivity index (χ0v) is 23.2. The van der Waals surface area contributed by atoms with Crippen LogP contribution in [0.15, 0.2) is 41.4 Å². The number of likely N-dealkylation sites (tertiary alicyclic amines) is 1. The maximum atomic E-state index is 13.1. The Morgan fingerprint density at radius 2 is 1.76 bits per heavy atom. The van der Waals surface area contributed by atoms with Gasteiger partial charge in [-0.15, -0.1) is 0 Å². The van der Waals surface area contributed by atoms with Gasteiger partial charge >= 0.3 is 0 Å². The SMILES string of the molecule is C[C@@H]1CCC[C@H](C)N1C(=O)CC1CCN(c2ncc(S(C)(=O)=O)cc2NC(=O)c2cccc(Cl)c2)CC1. The molecule has 2 saturated heterocycles. The topological polar surface area (TPSA) is 99.7 Å². The number of nitrogens with zero attached hydrogens (tertiary/aromatic N) is 3. The van der Waals surface area contributed by atoms with E-state index in [0.717, 1.165) is 31.9 Å². The number of sulfone groups is 1. The molecule has 1 aromatic carbocycles. The highest BCUT2D eigenvalue weighted by atomic mass is 35.5. The summed E-state index contributed by atoms with van der Waals surface area (Å²) in [6.07, 6.45) is 7.92. The Morgan fingerprint density at radius 3 is 2.38 bits per heavy atom. The van der Waals surface area contributed by atoms with E-state index >= 15 is 0 Å². The van der Waals surface area contributed by atoms with Gasteiger partial charge in [0, 0.05) is 54.6 Å². The molecule has 2 fully saturated rings. The van der Waals surface area contributed by atoms with Gasteiger partial charge in [-0.3, -0.25) is 9.59 Å². The first-order valence-electron chi connectivity index (χ1n) is 12.9. The molecule has 0 aliphatic carbocycles. The van der Waals surface area contributed by atoms with Gasteiger partial charge in [0.25, 0.3) is 5.91 Å². The summed E-state index contributed by atoms with van der Waals surface area (Å²) in [5.41, 5.74) is 0.694. The van der Waals surface area contributed by atoms with E-state index in [1.807, 2.05) is 4.90 Å². The third-order valence-corrected chi connectivity index (χ3v) is 8.78. The minimum absolute atomic E-state index is 0.0305. The third kappa shape index (κ3) is 6.62. The number of piperidine rings is 2. The monoisotopic (exact) mass is 546 g/mol. The standard InChI is InChI=1S/C27H35ClN4O4S/c1-18-6-4-7-19(2)32(18)25(33)14-20-10-12-31(13-11-20)26-24(16-23(17-29-26)37(3,35)36)30-27(34)21-8-5-9-22(28)15-21/h5,8-9,15-20H,4,6-7,10-14H2,1-3H3,(H,30,34)/t18-,19+. The Labute approximate surface area is 224 Å². The Hall–Kier alpha value is -2.65. The lowest BCUT2D eigenvalue weighted by Gasteiger charge is -2.40. The van der Waals surface area contributed by atoms with E-state index in [4.69, 9.17) is 11.6 Å². The number of benzene rings is 1. The molecule has 2 amide bonds. The van der Waals surface area contributed by atoms with Crippen molar-refractivity contribution < 1.29 is 18.0 Å². The number of rotatable bonds is 6. The van der Waals surface area contributed by atoms with E-state index in [-0.39, 0.29) is 16.7 Å². The first-order valence-corrected chi connectivity index (χ1v) is 15.1. The molecule has 37 heavy (non-hydrogen) atoms. The van der Waals surface area contributed by atoms with Crippen LogP contribution in [-0.4, -0.2) is 61.5 Å². The summed E-state index contributed by atoms with van der Waals surface area (Å²) in [6.45, 7) is 5.60. The van der Waals surface area contributed by atoms with Gasteiger partial charge in [0.1, 0.15) is 0 Å². The molecule has 2 atom stereocenters. The molecule has 10 heteroatoms. The smallest absolute Gasteiger partial charge is 0.255 e. The van der Waals surface area contributed by atoms with Crippen LogP contribution in [-0.2, 0) is 14.6 Å². The van der Waals surface area contributed by atoms with Crippen LogP contribution in [0.4, 0.5) is 11.5 Å². The number of carbonyl (C=O) groups is 2. The molecule has 0 saturated carbocycles. The molecule has 200 valence electrons. The van der Waals surface area contributed by atoms with Crippen molar-refractivity contribution in [2.24, 2.45) is 5.92 Å². The second-order valence-electron chi connectivity index (χ2n) is 10.3. The Bertz CT molecular complexity index is 1250. The Balaban J connectivity index is 1.47. The van der Waals surface area contributed by atoms with Crippen molar-refractivity contribution in [1.82, 2.24) is 9.88 Å². The van der Waals surface area contributed by atoms with Crippen LogP contribution in [0.2, 0.25) is 5.02 Å². The summed E-state index contributed by atoms with van der Waals surface area (Å²) in [5.74, 6) is 0.639. The summed E-state index contributed by atoms with van der Waals surface area (Å²) >= 11 is 6.04. The highest BCUT2D eigenvalue weighted by Crippen LogP contribution is 2.32. The van der Waals surface area contributed by atoms with Crippen molar-refractivity contribution in [2.45, 2.75) is 69.4 Å². The van der Waals surface area contributed by atoms with Gasteiger partial charge in [-0.25, -0.2) is 13.4 Å². The number of nitrogens with one attached hydrogen (secondary N) is 1. The number of aromatic nitrogens is 1. The van der Waals surface area contributed by atoms with Gasteiger partial charge in [-0.1, -0.05) is 17.7 Å². The Morgan fingerprint density at radius 1 is 1.08 bits per heavy atom. The molecule has 2 aliphatic heterocycles. The zero-order chi connectivity index (χ0) is 26.7. The van der Waals surface area contributed by atoms with Crippen LogP contribution in [0, 0.1) is 5.92 Å². The van der Waals surface area contributed by atoms with Crippen LogP contribution >= 0.6 is 11.6 Å². The van der Waals surface area contributed by atoms with Crippen molar-refractivity contribution in [3.63, 3.8) is 0 Å². The summed E-state index contributed by atoms with van der Waals surface area (Å²) < 4.78 is 24.4. The van der Waals surface area contributed by atoms with E-state index in [2.05, 4.69) is 29.0 Å². The number of halogens is 1. The molecule has 4 rings (SSSR count). The molecule has 0 unspecified atom stereocenters. The first-order chi connectivity index (χ1) is 17.5.